The van der Waals surface area contributed by atoms with Crippen LogP contribution in [0.15, 0.2) is 30.0 Å². The Hall–Kier alpha value is -2.54. The Morgan fingerprint density at radius 3 is 2.85 bits per heavy atom. The van der Waals surface area contributed by atoms with Gasteiger partial charge in [0.05, 0.1) is 17.7 Å². The van der Waals surface area contributed by atoms with Crippen LogP contribution in [0.25, 0.3) is 6.08 Å². The number of benzene rings is 2. The lowest BCUT2D eigenvalue weighted by molar-refractivity contribution is -0.0165. The maximum Gasteiger partial charge on any atom is 0.231 e. The van der Waals surface area contributed by atoms with Crippen LogP contribution in [-0.2, 0) is 17.9 Å². The maximum absolute atomic E-state index is 12.8. The zero-order valence-electron chi connectivity index (χ0n) is 14.9. The van der Waals surface area contributed by atoms with Crippen LogP contribution >= 0.6 is 11.6 Å². The van der Waals surface area contributed by atoms with E-state index in [1.165, 1.54) is 6.07 Å². The summed E-state index contributed by atoms with van der Waals surface area (Å²) in [6, 6.07) is 6.59. The van der Waals surface area contributed by atoms with Crippen molar-refractivity contribution in [2.45, 2.75) is 13.2 Å². The molecule has 4 rings (SSSR count). The van der Waals surface area contributed by atoms with Crippen LogP contribution in [0.3, 0.4) is 0 Å². The summed E-state index contributed by atoms with van der Waals surface area (Å²) in [5, 5.41) is 10.7. The van der Waals surface area contributed by atoms with Gasteiger partial charge in [-0.2, -0.15) is 0 Å². The van der Waals surface area contributed by atoms with Gasteiger partial charge >= 0.3 is 0 Å². The minimum absolute atomic E-state index is 0.0946. The number of hydrogen-bond acceptors (Lipinski definition) is 6. The average molecular weight is 388 g/mol. The van der Waals surface area contributed by atoms with E-state index in [0.29, 0.717) is 46.4 Å². The van der Waals surface area contributed by atoms with E-state index in [-0.39, 0.29) is 24.1 Å². The van der Waals surface area contributed by atoms with E-state index in [4.69, 9.17) is 25.8 Å². The van der Waals surface area contributed by atoms with Gasteiger partial charge in [-0.05, 0) is 44.4 Å². The van der Waals surface area contributed by atoms with Crippen LogP contribution < -0.4 is 9.47 Å². The summed E-state index contributed by atoms with van der Waals surface area (Å²) in [7, 11) is 3.76. The summed E-state index contributed by atoms with van der Waals surface area (Å²) < 4.78 is 16.7. The predicted octanol–water partition coefficient (Wildman–Crippen LogP) is 3.59. The molecule has 0 bridgehead atoms. The van der Waals surface area contributed by atoms with Crippen LogP contribution in [0.2, 0.25) is 5.02 Å². The Morgan fingerprint density at radius 1 is 1.26 bits per heavy atom. The van der Waals surface area contributed by atoms with Gasteiger partial charge in [0.1, 0.15) is 17.2 Å². The van der Waals surface area contributed by atoms with Crippen molar-refractivity contribution in [1.29, 1.82) is 0 Å². The SMILES string of the molecule is CN(C)Cc1c(O)ccc2c1O/C(=C\c1cc(Cl)cc3c1OCOC3)C2=O. The van der Waals surface area contributed by atoms with Gasteiger partial charge in [0.2, 0.25) is 5.78 Å². The molecule has 2 aromatic rings. The molecule has 0 spiro atoms. The third-order valence-electron chi connectivity index (χ3n) is 4.38. The first-order chi connectivity index (χ1) is 12.9. The van der Waals surface area contributed by atoms with Crippen molar-refractivity contribution < 1.29 is 24.1 Å². The van der Waals surface area contributed by atoms with Gasteiger partial charge in [-0.3, -0.25) is 4.79 Å². The number of carbonyl (C=O) groups is 1. The molecular formula is C20H18ClNO5. The zero-order valence-corrected chi connectivity index (χ0v) is 15.7. The molecular weight excluding hydrogens is 370 g/mol. The first-order valence-corrected chi connectivity index (χ1v) is 8.78. The minimum Gasteiger partial charge on any atom is -0.507 e. The molecule has 140 valence electrons. The zero-order chi connectivity index (χ0) is 19.1. The molecule has 2 aromatic carbocycles. The van der Waals surface area contributed by atoms with Crippen molar-refractivity contribution in [3.63, 3.8) is 0 Å². The molecule has 0 fully saturated rings. The first kappa shape index (κ1) is 17.9. The monoisotopic (exact) mass is 387 g/mol. The summed E-state index contributed by atoms with van der Waals surface area (Å²) >= 11 is 6.19. The van der Waals surface area contributed by atoms with Crippen molar-refractivity contribution >= 4 is 23.5 Å². The van der Waals surface area contributed by atoms with E-state index >= 15 is 0 Å². The van der Waals surface area contributed by atoms with E-state index in [9.17, 15) is 9.90 Å². The number of carbonyl (C=O) groups excluding carboxylic acids is 1. The van der Waals surface area contributed by atoms with E-state index in [0.717, 1.165) is 5.56 Å². The third kappa shape index (κ3) is 3.27. The number of rotatable bonds is 3. The highest BCUT2D eigenvalue weighted by molar-refractivity contribution is 6.31. The van der Waals surface area contributed by atoms with Gasteiger partial charge in [-0.25, -0.2) is 0 Å². The number of Topliss-reactive ketones (excluding diaryl/α,β-unsaturated/α-hetero) is 1. The normalized spacial score (nSPS) is 16.9. The highest BCUT2D eigenvalue weighted by Gasteiger charge is 2.31. The van der Waals surface area contributed by atoms with Gasteiger partial charge in [0, 0.05) is 22.7 Å². The number of fused-ring (bicyclic) bond motifs is 2. The Bertz CT molecular complexity index is 967. The van der Waals surface area contributed by atoms with Crippen molar-refractivity contribution in [2.75, 3.05) is 20.9 Å². The predicted molar refractivity (Wildman–Crippen MR) is 100 cm³/mol. The highest BCUT2D eigenvalue weighted by atomic mass is 35.5. The van der Waals surface area contributed by atoms with Crippen molar-refractivity contribution in [2.24, 2.45) is 0 Å². The van der Waals surface area contributed by atoms with Gasteiger partial charge in [-0.15, -0.1) is 0 Å². The molecule has 6 nitrogen and oxygen atoms in total. The number of phenolic OH excluding ortho intramolecular Hbond substituents is 1. The van der Waals surface area contributed by atoms with Crippen molar-refractivity contribution in [3.8, 4) is 17.2 Å². The maximum atomic E-state index is 12.8. The topological polar surface area (TPSA) is 68.2 Å². The lowest BCUT2D eigenvalue weighted by atomic mass is 10.0. The smallest absolute Gasteiger partial charge is 0.231 e. The molecule has 2 aliphatic rings. The molecule has 0 aromatic heterocycles. The van der Waals surface area contributed by atoms with Crippen LogP contribution in [0.1, 0.15) is 27.0 Å². The van der Waals surface area contributed by atoms with Crippen LogP contribution in [-0.4, -0.2) is 36.7 Å². The lowest BCUT2D eigenvalue weighted by Gasteiger charge is -2.20. The molecule has 0 atom stereocenters. The highest BCUT2D eigenvalue weighted by Crippen LogP contribution is 2.41. The molecule has 0 radical (unpaired) electrons. The van der Waals surface area contributed by atoms with Crippen LogP contribution in [0.4, 0.5) is 0 Å². The van der Waals surface area contributed by atoms with Gasteiger partial charge in [-0.1, -0.05) is 11.6 Å². The van der Waals surface area contributed by atoms with E-state index in [1.54, 1.807) is 24.3 Å². The summed E-state index contributed by atoms with van der Waals surface area (Å²) in [4.78, 5) is 14.7. The average Bonchev–Trinajstić information content (AvgIpc) is 2.93. The Kier molecular flexibility index (Phi) is 4.55. The Morgan fingerprint density at radius 2 is 2.07 bits per heavy atom. The quantitative estimate of drug-likeness (QED) is 0.812. The van der Waals surface area contributed by atoms with E-state index < -0.39 is 0 Å². The summed E-state index contributed by atoms with van der Waals surface area (Å²) in [5.41, 5.74) is 2.47. The molecule has 2 aliphatic heterocycles. The second-order valence-electron chi connectivity index (χ2n) is 6.71. The molecule has 0 unspecified atom stereocenters. The van der Waals surface area contributed by atoms with Gasteiger partial charge in [0.25, 0.3) is 0 Å². The van der Waals surface area contributed by atoms with Gasteiger partial charge in [0.15, 0.2) is 12.6 Å². The second kappa shape index (κ2) is 6.88. The second-order valence-corrected chi connectivity index (χ2v) is 7.15. The van der Waals surface area contributed by atoms with Crippen LogP contribution in [0.5, 0.6) is 17.2 Å². The molecule has 0 amide bonds. The largest absolute Gasteiger partial charge is 0.507 e. The van der Waals surface area contributed by atoms with Gasteiger partial charge < -0.3 is 24.2 Å². The Balaban J connectivity index is 1.77. The van der Waals surface area contributed by atoms with E-state index in [2.05, 4.69) is 0 Å². The molecule has 0 aliphatic carbocycles. The Labute approximate surface area is 161 Å². The number of ketones is 1. The number of phenols is 1. The standard InChI is InChI=1S/C20H18ClNO5/c1-22(2)8-15-16(23)4-3-14-18(24)17(27-20(14)15)7-11-5-13(21)6-12-9-25-10-26-19(11)12/h3-7,23H,8-10H2,1-2H3/b17-7-. The fraction of sp³-hybridized carbons (Fsp3) is 0.250. The van der Waals surface area contributed by atoms with Crippen molar-refractivity contribution in [1.82, 2.24) is 4.90 Å². The van der Waals surface area contributed by atoms with E-state index in [1.807, 2.05) is 19.0 Å². The van der Waals surface area contributed by atoms with Crippen LogP contribution in [0, 0.1) is 0 Å². The number of ether oxygens (including phenoxy) is 3. The molecule has 27 heavy (non-hydrogen) atoms. The summed E-state index contributed by atoms with van der Waals surface area (Å²) in [6.07, 6.45) is 1.62. The molecule has 0 saturated heterocycles. The number of nitrogens with zero attached hydrogens (tertiary/aromatic N) is 1. The fourth-order valence-electron chi connectivity index (χ4n) is 3.22. The summed E-state index contributed by atoms with van der Waals surface area (Å²) in [5.74, 6) is 1.03. The number of halogens is 1. The number of allylic oxidation sites excluding steroid dienone is 1. The minimum atomic E-state index is -0.245. The summed E-state index contributed by atoms with van der Waals surface area (Å²) in [6.45, 7) is 0.977. The number of hydrogen-bond donors (Lipinski definition) is 1. The van der Waals surface area contributed by atoms with Crippen molar-refractivity contribution in [3.05, 3.63) is 57.3 Å². The molecule has 1 N–H and O–H groups in total. The molecule has 7 heteroatoms. The third-order valence-corrected chi connectivity index (χ3v) is 4.60. The molecule has 0 saturated carbocycles. The lowest BCUT2D eigenvalue weighted by Crippen LogP contribution is -2.12. The number of aromatic hydroxyl groups is 1. The fourth-order valence-corrected chi connectivity index (χ4v) is 3.47. The molecule has 2 heterocycles. The first-order valence-electron chi connectivity index (χ1n) is 8.41.